The molecule has 0 amide bonds. The van der Waals surface area contributed by atoms with Crippen LogP contribution in [0, 0.1) is 13.8 Å². The van der Waals surface area contributed by atoms with Crippen molar-refractivity contribution in [2.75, 3.05) is 11.9 Å². The van der Waals surface area contributed by atoms with Gasteiger partial charge in [-0.15, -0.1) is 11.3 Å². The maximum Gasteiger partial charge on any atom is 0.333 e. The van der Waals surface area contributed by atoms with E-state index in [9.17, 15) is 4.79 Å². The summed E-state index contributed by atoms with van der Waals surface area (Å²) in [5.74, 6) is -0.293. The van der Waals surface area contributed by atoms with Gasteiger partial charge in [0, 0.05) is 9.75 Å². The first-order chi connectivity index (χ1) is 10.0. The average molecular weight is 324 g/mol. The molecule has 1 atom stereocenters. The Morgan fingerprint density at radius 1 is 1.38 bits per heavy atom. The summed E-state index contributed by atoms with van der Waals surface area (Å²) >= 11 is 7.84. The van der Waals surface area contributed by atoms with Gasteiger partial charge in [-0.05, 0) is 44.5 Å². The fraction of sp³-hybridized carbons (Fsp3) is 0.312. The molecule has 3 nitrogen and oxygen atoms in total. The molecule has 0 saturated carbocycles. The summed E-state index contributed by atoms with van der Waals surface area (Å²) in [5.41, 5.74) is 1.66. The number of carbonyl (C=O) groups excluding carboxylic acids is 1. The zero-order valence-electron chi connectivity index (χ0n) is 12.3. The van der Waals surface area contributed by atoms with Crippen LogP contribution in [0.3, 0.4) is 0 Å². The molecule has 0 aliphatic heterocycles. The number of nitrogens with one attached hydrogen (secondary N) is 1. The number of thiophene rings is 1. The van der Waals surface area contributed by atoms with Gasteiger partial charge < -0.3 is 10.1 Å². The van der Waals surface area contributed by atoms with Gasteiger partial charge in [0.1, 0.15) is 0 Å². The Morgan fingerprint density at radius 2 is 2.10 bits per heavy atom. The van der Waals surface area contributed by atoms with Crippen molar-refractivity contribution >= 4 is 34.6 Å². The molecule has 2 rings (SSSR count). The Kier molecular flexibility index (Phi) is 5.26. The highest BCUT2D eigenvalue weighted by atomic mass is 35.5. The monoisotopic (exact) mass is 323 g/mol. The molecular weight excluding hydrogens is 306 g/mol. The van der Waals surface area contributed by atoms with Crippen molar-refractivity contribution in [2.24, 2.45) is 0 Å². The molecule has 112 valence electrons. The van der Waals surface area contributed by atoms with Crippen LogP contribution in [0.2, 0.25) is 5.02 Å². The highest BCUT2D eigenvalue weighted by molar-refractivity contribution is 7.12. The predicted octanol–water partition coefficient (Wildman–Crippen LogP) is 4.73. The third kappa shape index (κ3) is 3.77. The third-order valence-corrected chi connectivity index (χ3v) is 4.40. The molecule has 1 N–H and O–H groups in total. The van der Waals surface area contributed by atoms with Crippen LogP contribution < -0.4 is 5.32 Å². The highest BCUT2D eigenvalue weighted by Crippen LogP contribution is 2.32. The van der Waals surface area contributed by atoms with Gasteiger partial charge in [0.15, 0.2) is 6.04 Å². The molecule has 0 aliphatic rings. The fourth-order valence-corrected chi connectivity index (χ4v) is 3.31. The zero-order chi connectivity index (χ0) is 15.4. The lowest BCUT2D eigenvalue weighted by Gasteiger charge is -2.19. The topological polar surface area (TPSA) is 38.3 Å². The van der Waals surface area contributed by atoms with Gasteiger partial charge in [-0.3, -0.25) is 0 Å². The Balaban J connectivity index is 2.35. The smallest absolute Gasteiger partial charge is 0.333 e. The molecule has 2 aromatic rings. The summed E-state index contributed by atoms with van der Waals surface area (Å²) < 4.78 is 5.19. The minimum atomic E-state index is -0.546. The number of esters is 1. The molecule has 1 aromatic heterocycles. The SMILES string of the molecule is CCOC(=O)C(Nc1ccccc1Cl)c1cc(C)sc1C. The number of hydrogen-bond donors (Lipinski definition) is 1. The second kappa shape index (κ2) is 6.96. The van der Waals surface area contributed by atoms with E-state index in [1.165, 1.54) is 0 Å². The number of para-hydroxylation sites is 1. The molecule has 0 fully saturated rings. The third-order valence-electron chi connectivity index (χ3n) is 3.09. The van der Waals surface area contributed by atoms with Crippen LogP contribution in [-0.4, -0.2) is 12.6 Å². The first kappa shape index (κ1) is 15.9. The summed E-state index contributed by atoms with van der Waals surface area (Å²) in [6.45, 7) is 6.18. The average Bonchev–Trinajstić information content (AvgIpc) is 2.77. The van der Waals surface area contributed by atoms with E-state index in [1.807, 2.05) is 38.1 Å². The van der Waals surface area contributed by atoms with Gasteiger partial charge in [-0.2, -0.15) is 0 Å². The van der Waals surface area contributed by atoms with E-state index >= 15 is 0 Å². The van der Waals surface area contributed by atoms with Crippen molar-refractivity contribution in [3.63, 3.8) is 0 Å². The molecule has 1 aromatic carbocycles. The van der Waals surface area contributed by atoms with E-state index in [4.69, 9.17) is 16.3 Å². The summed E-state index contributed by atoms with van der Waals surface area (Å²) in [4.78, 5) is 14.6. The number of halogens is 1. The second-order valence-electron chi connectivity index (χ2n) is 4.68. The number of ether oxygens (including phenoxy) is 1. The maximum atomic E-state index is 12.3. The van der Waals surface area contributed by atoms with Crippen molar-refractivity contribution in [2.45, 2.75) is 26.8 Å². The van der Waals surface area contributed by atoms with Gasteiger partial charge in [-0.1, -0.05) is 23.7 Å². The maximum absolute atomic E-state index is 12.3. The van der Waals surface area contributed by atoms with E-state index in [2.05, 4.69) is 5.32 Å². The number of benzene rings is 1. The number of hydrogen-bond acceptors (Lipinski definition) is 4. The van der Waals surface area contributed by atoms with E-state index in [0.717, 1.165) is 21.0 Å². The lowest BCUT2D eigenvalue weighted by molar-refractivity contribution is -0.144. The summed E-state index contributed by atoms with van der Waals surface area (Å²) in [5, 5.41) is 3.78. The van der Waals surface area contributed by atoms with Crippen LogP contribution in [0.5, 0.6) is 0 Å². The number of carbonyl (C=O) groups is 1. The van der Waals surface area contributed by atoms with Crippen molar-refractivity contribution in [3.8, 4) is 0 Å². The van der Waals surface area contributed by atoms with Crippen LogP contribution in [-0.2, 0) is 9.53 Å². The van der Waals surface area contributed by atoms with Crippen molar-refractivity contribution in [1.82, 2.24) is 0 Å². The lowest BCUT2D eigenvalue weighted by atomic mass is 10.1. The molecule has 0 spiro atoms. The number of rotatable bonds is 5. The number of aryl methyl sites for hydroxylation is 2. The Labute approximate surface area is 133 Å². The van der Waals surface area contributed by atoms with E-state index in [0.29, 0.717) is 11.6 Å². The van der Waals surface area contributed by atoms with Gasteiger partial charge >= 0.3 is 5.97 Å². The molecule has 0 saturated heterocycles. The Hall–Kier alpha value is -1.52. The van der Waals surface area contributed by atoms with Crippen molar-refractivity contribution in [1.29, 1.82) is 0 Å². The molecular formula is C16H18ClNO2S. The van der Waals surface area contributed by atoms with E-state index in [-0.39, 0.29) is 5.97 Å². The normalized spacial score (nSPS) is 12.0. The van der Waals surface area contributed by atoms with Crippen LogP contribution in [0.1, 0.15) is 28.3 Å². The van der Waals surface area contributed by atoms with Crippen molar-refractivity contribution < 1.29 is 9.53 Å². The minimum Gasteiger partial charge on any atom is -0.464 e. The summed E-state index contributed by atoms with van der Waals surface area (Å²) in [7, 11) is 0. The van der Waals surface area contributed by atoms with E-state index in [1.54, 1.807) is 24.3 Å². The van der Waals surface area contributed by atoms with Crippen LogP contribution in [0.15, 0.2) is 30.3 Å². The molecule has 1 unspecified atom stereocenters. The largest absolute Gasteiger partial charge is 0.464 e. The van der Waals surface area contributed by atoms with Gasteiger partial charge in [0.05, 0.1) is 17.3 Å². The highest BCUT2D eigenvalue weighted by Gasteiger charge is 2.25. The van der Waals surface area contributed by atoms with Crippen LogP contribution in [0.4, 0.5) is 5.69 Å². The summed E-state index contributed by atoms with van der Waals surface area (Å²) in [6, 6.07) is 8.84. The molecule has 0 radical (unpaired) electrons. The van der Waals surface area contributed by atoms with Crippen LogP contribution in [0.25, 0.3) is 0 Å². The molecule has 0 bridgehead atoms. The van der Waals surface area contributed by atoms with Crippen LogP contribution >= 0.6 is 22.9 Å². The first-order valence-electron chi connectivity index (χ1n) is 6.77. The second-order valence-corrected chi connectivity index (χ2v) is 6.55. The fourth-order valence-electron chi connectivity index (χ4n) is 2.16. The van der Waals surface area contributed by atoms with Gasteiger partial charge in [0.2, 0.25) is 0 Å². The Bertz CT molecular complexity index is 639. The zero-order valence-corrected chi connectivity index (χ0v) is 13.8. The van der Waals surface area contributed by atoms with Gasteiger partial charge in [-0.25, -0.2) is 4.79 Å². The first-order valence-corrected chi connectivity index (χ1v) is 7.97. The van der Waals surface area contributed by atoms with Crippen molar-refractivity contribution in [3.05, 3.63) is 50.7 Å². The minimum absolute atomic E-state index is 0.293. The molecule has 0 aliphatic carbocycles. The lowest BCUT2D eigenvalue weighted by Crippen LogP contribution is -2.23. The quantitative estimate of drug-likeness (QED) is 0.808. The molecule has 5 heteroatoms. The summed E-state index contributed by atoms with van der Waals surface area (Å²) in [6.07, 6.45) is 0. The number of anilines is 1. The standard InChI is InChI=1S/C16H18ClNO2S/c1-4-20-16(19)15(12-9-10(2)21-11(12)3)18-14-8-6-5-7-13(14)17/h5-9,15,18H,4H2,1-3H3. The van der Waals surface area contributed by atoms with Gasteiger partial charge in [0.25, 0.3) is 0 Å². The molecule has 21 heavy (non-hydrogen) atoms. The predicted molar refractivity (Wildman–Crippen MR) is 88.2 cm³/mol. The van der Waals surface area contributed by atoms with E-state index < -0.39 is 6.04 Å². The molecule has 1 heterocycles. The Morgan fingerprint density at radius 3 is 2.67 bits per heavy atom.